The molecule has 0 unspecified atom stereocenters. The average Bonchev–Trinajstić information content (AvgIpc) is 2.91. The van der Waals surface area contributed by atoms with Gasteiger partial charge in [0.2, 0.25) is 0 Å². The molecule has 1 aliphatic rings. The second kappa shape index (κ2) is 6.27. The van der Waals surface area contributed by atoms with E-state index >= 15 is 0 Å². The summed E-state index contributed by atoms with van der Waals surface area (Å²) in [5.74, 6) is -0.731. The third-order valence-electron chi connectivity index (χ3n) is 3.06. The first kappa shape index (κ1) is 15.9. The van der Waals surface area contributed by atoms with Gasteiger partial charge in [-0.3, -0.25) is 19.8 Å². The molecule has 1 saturated heterocycles. The SMILES string of the molecule is O=C1NC(=S)N(c2ccc(Cl)cc2)C(=O)C1=Cc1cc(Br)co1. The van der Waals surface area contributed by atoms with Crippen molar-refractivity contribution in [1.29, 1.82) is 0 Å². The zero-order chi connectivity index (χ0) is 16.6. The summed E-state index contributed by atoms with van der Waals surface area (Å²) in [5.41, 5.74) is 0.436. The minimum absolute atomic E-state index is 0.0140. The Balaban J connectivity index is 2.00. The summed E-state index contributed by atoms with van der Waals surface area (Å²) in [4.78, 5) is 26.0. The van der Waals surface area contributed by atoms with Crippen molar-refractivity contribution in [3.05, 3.63) is 57.4 Å². The Morgan fingerprint density at radius 2 is 1.96 bits per heavy atom. The molecule has 2 heterocycles. The van der Waals surface area contributed by atoms with Crippen LogP contribution in [-0.2, 0) is 9.59 Å². The van der Waals surface area contributed by atoms with Gasteiger partial charge in [0, 0.05) is 5.02 Å². The van der Waals surface area contributed by atoms with E-state index in [1.54, 1.807) is 30.3 Å². The van der Waals surface area contributed by atoms with Crippen molar-refractivity contribution in [1.82, 2.24) is 5.32 Å². The largest absolute Gasteiger partial charge is 0.464 e. The molecule has 116 valence electrons. The zero-order valence-corrected chi connectivity index (χ0v) is 14.5. The first-order chi connectivity index (χ1) is 11.0. The number of nitrogens with zero attached hydrogens (tertiary/aromatic N) is 1. The predicted molar refractivity (Wildman–Crippen MR) is 94.1 cm³/mol. The van der Waals surface area contributed by atoms with Crippen molar-refractivity contribution in [2.45, 2.75) is 0 Å². The Bertz CT molecular complexity index is 845. The van der Waals surface area contributed by atoms with Gasteiger partial charge in [-0.1, -0.05) is 11.6 Å². The molecular formula is C15H8BrClN2O3S. The van der Waals surface area contributed by atoms with Crippen LogP contribution in [0.2, 0.25) is 5.02 Å². The van der Waals surface area contributed by atoms with Gasteiger partial charge in [-0.05, 0) is 64.6 Å². The van der Waals surface area contributed by atoms with Crippen LogP contribution in [0.5, 0.6) is 0 Å². The number of benzene rings is 1. The highest BCUT2D eigenvalue weighted by Crippen LogP contribution is 2.24. The molecular weight excluding hydrogens is 404 g/mol. The van der Waals surface area contributed by atoms with E-state index in [-0.39, 0.29) is 10.7 Å². The molecule has 0 saturated carbocycles. The molecule has 5 nitrogen and oxygen atoms in total. The Hall–Kier alpha value is -1.96. The van der Waals surface area contributed by atoms with E-state index in [0.29, 0.717) is 20.9 Å². The lowest BCUT2D eigenvalue weighted by Crippen LogP contribution is -2.54. The standard InChI is InChI=1S/C15H8BrClN2O3S/c16-8-5-11(22-7-8)6-12-13(20)18-15(23)19(14(12)21)10-3-1-9(17)2-4-10/h1-7H,(H,18,20,23). The topological polar surface area (TPSA) is 62.6 Å². The molecule has 1 N–H and O–H groups in total. The molecule has 8 heteroatoms. The third-order valence-corrected chi connectivity index (χ3v) is 4.01. The molecule has 1 aromatic carbocycles. The number of hydrogen-bond acceptors (Lipinski definition) is 4. The molecule has 0 bridgehead atoms. The fraction of sp³-hybridized carbons (Fsp3) is 0. The van der Waals surface area contributed by atoms with Crippen LogP contribution in [0.3, 0.4) is 0 Å². The minimum atomic E-state index is -0.572. The molecule has 0 radical (unpaired) electrons. The van der Waals surface area contributed by atoms with Gasteiger partial charge in [-0.25, -0.2) is 0 Å². The third kappa shape index (κ3) is 3.21. The maximum absolute atomic E-state index is 12.7. The lowest BCUT2D eigenvalue weighted by atomic mass is 10.1. The van der Waals surface area contributed by atoms with Crippen LogP contribution in [0.4, 0.5) is 5.69 Å². The number of anilines is 1. The number of furan rings is 1. The lowest BCUT2D eigenvalue weighted by Gasteiger charge is -2.28. The Labute approximate surface area is 150 Å². The Morgan fingerprint density at radius 3 is 2.57 bits per heavy atom. The zero-order valence-electron chi connectivity index (χ0n) is 11.4. The van der Waals surface area contributed by atoms with Crippen LogP contribution < -0.4 is 10.2 Å². The van der Waals surface area contributed by atoms with Crippen molar-refractivity contribution in [3.63, 3.8) is 0 Å². The molecule has 2 aromatic rings. The van der Waals surface area contributed by atoms with Crippen molar-refractivity contribution in [3.8, 4) is 0 Å². The van der Waals surface area contributed by atoms with Crippen LogP contribution in [0.15, 0.2) is 51.1 Å². The van der Waals surface area contributed by atoms with Gasteiger partial charge >= 0.3 is 0 Å². The number of amides is 2. The maximum atomic E-state index is 12.7. The summed E-state index contributed by atoms with van der Waals surface area (Å²) in [6.07, 6.45) is 2.83. The summed E-state index contributed by atoms with van der Waals surface area (Å²) in [5, 5.41) is 3.04. The van der Waals surface area contributed by atoms with Crippen LogP contribution in [0, 0.1) is 0 Å². The first-order valence-corrected chi connectivity index (χ1v) is 7.94. The van der Waals surface area contributed by atoms with E-state index in [4.69, 9.17) is 28.2 Å². The highest BCUT2D eigenvalue weighted by molar-refractivity contribution is 9.10. The maximum Gasteiger partial charge on any atom is 0.270 e. The number of rotatable bonds is 2. The fourth-order valence-corrected chi connectivity index (χ4v) is 2.75. The van der Waals surface area contributed by atoms with E-state index in [1.165, 1.54) is 17.2 Å². The molecule has 3 rings (SSSR count). The van der Waals surface area contributed by atoms with Crippen LogP contribution in [0.1, 0.15) is 5.76 Å². The van der Waals surface area contributed by atoms with Crippen LogP contribution in [0.25, 0.3) is 6.08 Å². The normalized spacial score (nSPS) is 16.9. The molecule has 1 aliphatic heterocycles. The molecule has 0 aliphatic carbocycles. The fourth-order valence-electron chi connectivity index (χ4n) is 2.03. The van der Waals surface area contributed by atoms with Gasteiger partial charge in [0.15, 0.2) is 5.11 Å². The van der Waals surface area contributed by atoms with Crippen molar-refractivity contribution in [2.24, 2.45) is 0 Å². The van der Waals surface area contributed by atoms with Crippen molar-refractivity contribution >= 4 is 68.4 Å². The number of thiocarbonyl (C=S) groups is 1. The van der Waals surface area contributed by atoms with Gasteiger partial charge < -0.3 is 4.42 Å². The molecule has 0 spiro atoms. The van der Waals surface area contributed by atoms with Crippen molar-refractivity contribution < 1.29 is 14.0 Å². The van der Waals surface area contributed by atoms with Gasteiger partial charge in [-0.2, -0.15) is 0 Å². The summed E-state index contributed by atoms with van der Waals surface area (Å²) >= 11 is 14.2. The van der Waals surface area contributed by atoms with Gasteiger partial charge in [0.05, 0.1) is 10.2 Å². The van der Waals surface area contributed by atoms with Crippen LogP contribution >= 0.6 is 39.7 Å². The van der Waals surface area contributed by atoms with E-state index in [2.05, 4.69) is 21.2 Å². The smallest absolute Gasteiger partial charge is 0.270 e. The Kier molecular flexibility index (Phi) is 4.34. The number of carbonyl (C=O) groups excluding carboxylic acids is 2. The highest BCUT2D eigenvalue weighted by atomic mass is 79.9. The molecule has 2 amide bonds. The summed E-state index contributed by atoms with van der Waals surface area (Å²) in [6, 6.07) is 8.20. The quantitative estimate of drug-likeness (QED) is 0.466. The first-order valence-electron chi connectivity index (χ1n) is 6.37. The second-order valence-corrected chi connectivity index (χ2v) is 6.34. The van der Waals surface area contributed by atoms with Gasteiger partial charge in [-0.15, -0.1) is 0 Å². The monoisotopic (exact) mass is 410 g/mol. The van der Waals surface area contributed by atoms with Crippen LogP contribution in [-0.4, -0.2) is 16.9 Å². The number of hydrogen-bond donors (Lipinski definition) is 1. The minimum Gasteiger partial charge on any atom is -0.464 e. The summed E-state index contributed by atoms with van der Waals surface area (Å²) in [7, 11) is 0. The van der Waals surface area contributed by atoms with E-state index < -0.39 is 11.8 Å². The van der Waals surface area contributed by atoms with E-state index in [1.807, 2.05) is 0 Å². The average molecular weight is 412 g/mol. The number of carbonyl (C=O) groups is 2. The molecule has 1 aromatic heterocycles. The Morgan fingerprint density at radius 1 is 1.26 bits per heavy atom. The highest BCUT2D eigenvalue weighted by Gasteiger charge is 2.34. The van der Waals surface area contributed by atoms with E-state index in [0.717, 1.165) is 0 Å². The molecule has 1 fully saturated rings. The number of nitrogens with one attached hydrogen (secondary N) is 1. The van der Waals surface area contributed by atoms with Gasteiger partial charge in [0.1, 0.15) is 17.6 Å². The van der Waals surface area contributed by atoms with Gasteiger partial charge in [0.25, 0.3) is 11.8 Å². The molecule has 0 atom stereocenters. The molecule has 23 heavy (non-hydrogen) atoms. The second-order valence-electron chi connectivity index (χ2n) is 4.60. The van der Waals surface area contributed by atoms with Crippen molar-refractivity contribution in [2.75, 3.05) is 4.90 Å². The summed E-state index contributed by atoms with van der Waals surface area (Å²) in [6.45, 7) is 0. The summed E-state index contributed by atoms with van der Waals surface area (Å²) < 4.78 is 5.93. The lowest BCUT2D eigenvalue weighted by molar-refractivity contribution is -0.122. The number of halogens is 2. The predicted octanol–water partition coefficient (Wildman–Crippen LogP) is 3.53. The van der Waals surface area contributed by atoms with E-state index in [9.17, 15) is 9.59 Å².